The number of rotatable bonds is 6. The van der Waals surface area contributed by atoms with Crippen molar-refractivity contribution in [3.05, 3.63) is 83.6 Å². The lowest BCUT2D eigenvalue weighted by atomic mass is 9.87. The van der Waals surface area contributed by atoms with Crippen molar-refractivity contribution >= 4 is 11.7 Å². The van der Waals surface area contributed by atoms with Gasteiger partial charge in [0, 0.05) is 13.7 Å². The van der Waals surface area contributed by atoms with Crippen molar-refractivity contribution in [2.45, 2.75) is 38.4 Å². The molecule has 3 aromatic rings. The number of amides is 1. The first-order chi connectivity index (χ1) is 14.5. The Morgan fingerprint density at radius 2 is 1.80 bits per heavy atom. The number of nitrogens with one attached hydrogen (secondary N) is 1. The molecule has 1 N–H and O–H groups in total. The molecule has 1 aliphatic heterocycles. The maximum Gasteiger partial charge on any atom is 0.258 e. The second kappa shape index (κ2) is 8.32. The lowest BCUT2D eigenvalue weighted by Gasteiger charge is -2.45. The standard InChI is InChI=1S/C24H28N4O2/c1-24(2)14-21(19-12-8-5-9-13-19)27(16-18-10-6-4-7-11-18)23-20(15-26-28(23)24)22(29)25-17-30-3/h4-13,15,21H,14,16-17H2,1-3H3,(H,25,29). The van der Waals surface area contributed by atoms with E-state index in [1.165, 1.54) is 11.1 Å². The molecule has 0 spiro atoms. The van der Waals surface area contributed by atoms with Crippen molar-refractivity contribution in [2.24, 2.45) is 0 Å². The Bertz CT molecular complexity index is 999. The third kappa shape index (κ3) is 3.83. The summed E-state index contributed by atoms with van der Waals surface area (Å²) < 4.78 is 7.03. The molecule has 1 amide bonds. The number of benzene rings is 2. The van der Waals surface area contributed by atoms with E-state index in [1.54, 1.807) is 13.3 Å². The van der Waals surface area contributed by atoms with Gasteiger partial charge in [0.15, 0.2) is 0 Å². The summed E-state index contributed by atoms with van der Waals surface area (Å²) in [5.41, 5.74) is 2.76. The van der Waals surface area contributed by atoms with E-state index in [0.29, 0.717) is 12.1 Å². The second-order valence-electron chi connectivity index (χ2n) is 8.29. The van der Waals surface area contributed by atoms with Gasteiger partial charge in [-0.25, -0.2) is 4.68 Å². The van der Waals surface area contributed by atoms with E-state index in [1.807, 2.05) is 28.9 Å². The van der Waals surface area contributed by atoms with Crippen LogP contribution >= 0.6 is 0 Å². The van der Waals surface area contributed by atoms with Crippen molar-refractivity contribution in [2.75, 3.05) is 18.7 Å². The Hall–Kier alpha value is -3.12. The highest BCUT2D eigenvalue weighted by Crippen LogP contribution is 2.45. The molecule has 1 unspecified atom stereocenters. The smallest absolute Gasteiger partial charge is 0.258 e. The molecule has 0 saturated heterocycles. The third-order valence-corrected chi connectivity index (χ3v) is 5.66. The van der Waals surface area contributed by atoms with Crippen LogP contribution in [0.1, 0.15) is 47.8 Å². The highest BCUT2D eigenvalue weighted by molar-refractivity contribution is 5.99. The van der Waals surface area contributed by atoms with Crippen molar-refractivity contribution in [3.8, 4) is 0 Å². The molecule has 0 saturated carbocycles. The SMILES string of the molecule is COCNC(=O)c1cnn2c1N(Cc1ccccc1)C(c1ccccc1)CC2(C)C. The first-order valence-electron chi connectivity index (χ1n) is 10.2. The summed E-state index contributed by atoms with van der Waals surface area (Å²) in [5, 5.41) is 7.44. The first-order valence-corrected chi connectivity index (χ1v) is 10.2. The van der Waals surface area contributed by atoms with Crippen molar-refractivity contribution in [1.29, 1.82) is 0 Å². The van der Waals surface area contributed by atoms with Crippen molar-refractivity contribution in [1.82, 2.24) is 15.1 Å². The summed E-state index contributed by atoms with van der Waals surface area (Å²) in [5.74, 6) is 0.665. The molecule has 2 heterocycles. The number of aromatic nitrogens is 2. The van der Waals surface area contributed by atoms with Gasteiger partial charge in [-0.15, -0.1) is 0 Å². The van der Waals surface area contributed by atoms with Gasteiger partial charge in [0.2, 0.25) is 0 Å². The van der Waals surface area contributed by atoms with Crippen LogP contribution in [0.25, 0.3) is 0 Å². The molecule has 0 fully saturated rings. The number of carbonyl (C=O) groups is 1. The summed E-state index contributed by atoms with van der Waals surface area (Å²) in [6, 6.07) is 21.0. The van der Waals surface area contributed by atoms with Crippen LogP contribution in [-0.4, -0.2) is 29.5 Å². The molecular formula is C24H28N4O2. The highest BCUT2D eigenvalue weighted by atomic mass is 16.5. The zero-order valence-electron chi connectivity index (χ0n) is 17.7. The van der Waals surface area contributed by atoms with E-state index >= 15 is 0 Å². The minimum absolute atomic E-state index is 0.125. The molecule has 1 aliphatic rings. The fourth-order valence-electron chi connectivity index (χ4n) is 4.21. The zero-order valence-corrected chi connectivity index (χ0v) is 17.7. The van der Waals surface area contributed by atoms with E-state index in [9.17, 15) is 4.79 Å². The molecule has 2 aromatic carbocycles. The fourth-order valence-corrected chi connectivity index (χ4v) is 4.21. The number of methoxy groups -OCH3 is 1. The van der Waals surface area contributed by atoms with Gasteiger partial charge in [0.1, 0.15) is 18.1 Å². The molecule has 0 bridgehead atoms. The largest absolute Gasteiger partial charge is 0.364 e. The van der Waals surface area contributed by atoms with Crippen LogP contribution in [0.2, 0.25) is 0 Å². The van der Waals surface area contributed by atoms with E-state index in [2.05, 4.69) is 65.6 Å². The number of nitrogens with zero attached hydrogens (tertiary/aromatic N) is 3. The molecular weight excluding hydrogens is 376 g/mol. The third-order valence-electron chi connectivity index (χ3n) is 5.66. The molecule has 30 heavy (non-hydrogen) atoms. The predicted octanol–water partition coefficient (Wildman–Crippen LogP) is 4.10. The minimum Gasteiger partial charge on any atom is -0.364 e. The van der Waals surface area contributed by atoms with Gasteiger partial charge in [-0.05, 0) is 31.4 Å². The van der Waals surface area contributed by atoms with Gasteiger partial charge in [-0.2, -0.15) is 5.10 Å². The summed E-state index contributed by atoms with van der Waals surface area (Å²) in [4.78, 5) is 15.2. The molecule has 6 nitrogen and oxygen atoms in total. The Balaban J connectivity index is 1.83. The molecule has 1 aromatic heterocycles. The van der Waals surface area contributed by atoms with Crippen LogP contribution in [0.5, 0.6) is 0 Å². The van der Waals surface area contributed by atoms with E-state index in [-0.39, 0.29) is 24.2 Å². The Labute approximate surface area is 177 Å². The van der Waals surface area contributed by atoms with Gasteiger partial charge in [-0.1, -0.05) is 60.7 Å². The molecule has 4 rings (SSSR count). The molecule has 0 radical (unpaired) electrons. The normalized spacial score (nSPS) is 17.4. The summed E-state index contributed by atoms with van der Waals surface area (Å²) >= 11 is 0. The Kier molecular flexibility index (Phi) is 5.59. The first kappa shape index (κ1) is 20.2. The predicted molar refractivity (Wildman–Crippen MR) is 117 cm³/mol. The molecule has 0 aliphatic carbocycles. The summed E-state index contributed by atoms with van der Waals surface area (Å²) in [6.45, 7) is 5.20. The molecule has 1 atom stereocenters. The van der Waals surface area contributed by atoms with Crippen LogP contribution in [0.4, 0.5) is 5.82 Å². The van der Waals surface area contributed by atoms with Crippen molar-refractivity contribution < 1.29 is 9.53 Å². The topological polar surface area (TPSA) is 59.4 Å². The maximum absolute atomic E-state index is 12.9. The fraction of sp³-hybridized carbons (Fsp3) is 0.333. The number of hydrogen-bond donors (Lipinski definition) is 1. The number of hydrogen-bond acceptors (Lipinski definition) is 4. The average Bonchev–Trinajstić information content (AvgIpc) is 3.22. The molecule has 6 heteroatoms. The molecule has 156 valence electrons. The monoisotopic (exact) mass is 404 g/mol. The van der Waals surface area contributed by atoms with Crippen LogP contribution in [0, 0.1) is 0 Å². The Morgan fingerprint density at radius 3 is 2.47 bits per heavy atom. The van der Waals surface area contributed by atoms with Crippen LogP contribution in [0.15, 0.2) is 66.9 Å². The van der Waals surface area contributed by atoms with E-state index in [0.717, 1.165) is 12.2 Å². The van der Waals surface area contributed by atoms with E-state index < -0.39 is 0 Å². The van der Waals surface area contributed by atoms with Crippen LogP contribution in [-0.2, 0) is 16.8 Å². The summed E-state index contributed by atoms with van der Waals surface area (Å²) in [7, 11) is 1.56. The average molecular weight is 405 g/mol. The quantitative estimate of drug-likeness (QED) is 0.629. The van der Waals surface area contributed by atoms with Gasteiger partial charge >= 0.3 is 0 Å². The number of anilines is 1. The second-order valence-corrected chi connectivity index (χ2v) is 8.29. The lowest BCUT2D eigenvalue weighted by molar-refractivity contribution is 0.0872. The highest BCUT2D eigenvalue weighted by Gasteiger charge is 2.41. The van der Waals surface area contributed by atoms with Crippen LogP contribution in [0.3, 0.4) is 0 Å². The summed E-state index contributed by atoms with van der Waals surface area (Å²) in [6.07, 6.45) is 2.56. The number of carbonyl (C=O) groups excluding carboxylic acids is 1. The van der Waals surface area contributed by atoms with Gasteiger partial charge < -0.3 is 15.0 Å². The van der Waals surface area contributed by atoms with E-state index in [4.69, 9.17) is 4.74 Å². The zero-order chi connectivity index (χ0) is 21.1. The van der Waals surface area contributed by atoms with Gasteiger partial charge in [0.05, 0.1) is 17.8 Å². The minimum atomic E-state index is -0.233. The van der Waals surface area contributed by atoms with Gasteiger partial charge in [0.25, 0.3) is 5.91 Å². The number of fused-ring (bicyclic) bond motifs is 1. The lowest BCUT2D eigenvalue weighted by Crippen LogP contribution is -2.45. The maximum atomic E-state index is 12.9. The number of ether oxygens (including phenoxy) is 1. The Morgan fingerprint density at radius 1 is 1.13 bits per heavy atom. The van der Waals surface area contributed by atoms with Crippen molar-refractivity contribution in [3.63, 3.8) is 0 Å². The van der Waals surface area contributed by atoms with Crippen LogP contribution < -0.4 is 10.2 Å². The van der Waals surface area contributed by atoms with Gasteiger partial charge in [-0.3, -0.25) is 4.79 Å².